The number of methoxy groups -OCH3 is 1. The molecule has 0 aromatic heterocycles. The summed E-state index contributed by atoms with van der Waals surface area (Å²) in [6, 6.07) is 13.3. The summed E-state index contributed by atoms with van der Waals surface area (Å²) in [6.07, 6.45) is -3.84. The Morgan fingerprint density at radius 2 is 1.53 bits per heavy atom. The number of sulfonamides is 2. The van der Waals surface area contributed by atoms with Gasteiger partial charge in [0.1, 0.15) is 12.3 Å². The molecule has 3 aromatic rings. The summed E-state index contributed by atoms with van der Waals surface area (Å²) in [6.45, 7) is -0.565. The average Bonchev–Trinajstić information content (AvgIpc) is 2.82. The van der Waals surface area contributed by atoms with Gasteiger partial charge in [0, 0.05) is 11.4 Å². The SMILES string of the molecule is COc1ccc(N(CC(=O)Nc2ccc(S(=O)(=O)Nc3ccc(Cl)c(C(F)(F)F)c3)cc2)S(C)(=O)=O)cc1. The van der Waals surface area contributed by atoms with Crippen molar-refractivity contribution in [2.45, 2.75) is 11.1 Å². The van der Waals surface area contributed by atoms with Gasteiger partial charge in [-0.25, -0.2) is 16.8 Å². The highest BCUT2D eigenvalue weighted by Crippen LogP contribution is 2.36. The molecular formula is C23H21ClF3N3O6S2. The number of rotatable bonds is 9. The Labute approximate surface area is 222 Å². The maximum Gasteiger partial charge on any atom is 0.417 e. The Balaban J connectivity index is 1.72. The fourth-order valence-corrected chi connectivity index (χ4v) is 5.35. The second kappa shape index (κ2) is 11.1. The summed E-state index contributed by atoms with van der Waals surface area (Å²) in [5, 5.41) is 1.89. The molecule has 0 bridgehead atoms. The summed E-state index contributed by atoms with van der Waals surface area (Å²) >= 11 is 5.56. The van der Waals surface area contributed by atoms with E-state index in [-0.39, 0.29) is 22.0 Å². The van der Waals surface area contributed by atoms with E-state index in [0.29, 0.717) is 11.8 Å². The zero-order valence-corrected chi connectivity index (χ0v) is 22.2. The van der Waals surface area contributed by atoms with Crippen molar-refractivity contribution < 1.29 is 39.5 Å². The van der Waals surface area contributed by atoms with E-state index in [1.54, 1.807) is 0 Å². The van der Waals surface area contributed by atoms with Crippen molar-refractivity contribution in [1.29, 1.82) is 0 Å². The van der Waals surface area contributed by atoms with Gasteiger partial charge in [-0.3, -0.25) is 13.8 Å². The molecule has 0 saturated heterocycles. The van der Waals surface area contributed by atoms with E-state index in [9.17, 15) is 34.8 Å². The molecule has 0 fully saturated rings. The van der Waals surface area contributed by atoms with Crippen LogP contribution in [0, 0.1) is 0 Å². The second-order valence-electron chi connectivity index (χ2n) is 7.84. The van der Waals surface area contributed by atoms with Crippen LogP contribution in [0.5, 0.6) is 5.75 Å². The van der Waals surface area contributed by atoms with Crippen molar-refractivity contribution in [3.8, 4) is 5.75 Å². The normalized spacial score (nSPS) is 12.1. The van der Waals surface area contributed by atoms with Gasteiger partial charge >= 0.3 is 6.18 Å². The van der Waals surface area contributed by atoms with Crippen LogP contribution in [0.25, 0.3) is 0 Å². The van der Waals surface area contributed by atoms with E-state index in [0.717, 1.165) is 34.8 Å². The monoisotopic (exact) mass is 591 g/mol. The minimum Gasteiger partial charge on any atom is -0.497 e. The largest absolute Gasteiger partial charge is 0.497 e. The number of hydrogen-bond donors (Lipinski definition) is 2. The van der Waals surface area contributed by atoms with Gasteiger partial charge in [0.05, 0.1) is 34.5 Å². The zero-order chi connectivity index (χ0) is 28.3. The molecule has 0 atom stereocenters. The summed E-state index contributed by atoms with van der Waals surface area (Å²) in [4.78, 5) is 12.3. The first-order chi connectivity index (χ1) is 17.6. The van der Waals surface area contributed by atoms with Gasteiger partial charge in [0.2, 0.25) is 15.9 Å². The van der Waals surface area contributed by atoms with Crippen LogP contribution in [0.4, 0.5) is 30.2 Å². The lowest BCUT2D eigenvalue weighted by molar-refractivity contribution is -0.137. The summed E-state index contributed by atoms with van der Waals surface area (Å²) in [7, 11) is -6.67. The maximum atomic E-state index is 13.1. The lowest BCUT2D eigenvalue weighted by atomic mass is 10.2. The fraction of sp³-hybridized carbons (Fsp3) is 0.174. The van der Waals surface area contributed by atoms with E-state index < -0.39 is 49.3 Å². The number of carbonyl (C=O) groups excluding carboxylic acids is 1. The molecule has 0 heterocycles. The van der Waals surface area contributed by atoms with Gasteiger partial charge in [-0.1, -0.05) is 11.6 Å². The molecule has 15 heteroatoms. The van der Waals surface area contributed by atoms with Crippen molar-refractivity contribution in [1.82, 2.24) is 0 Å². The van der Waals surface area contributed by atoms with Crippen LogP contribution >= 0.6 is 11.6 Å². The molecule has 38 heavy (non-hydrogen) atoms. The maximum absolute atomic E-state index is 13.1. The van der Waals surface area contributed by atoms with Gasteiger partial charge in [0.25, 0.3) is 10.0 Å². The number of hydrogen-bond acceptors (Lipinski definition) is 6. The number of benzene rings is 3. The smallest absolute Gasteiger partial charge is 0.417 e. The predicted molar refractivity (Wildman–Crippen MR) is 138 cm³/mol. The van der Waals surface area contributed by atoms with E-state index in [1.165, 1.54) is 43.5 Å². The van der Waals surface area contributed by atoms with E-state index >= 15 is 0 Å². The first-order valence-corrected chi connectivity index (χ1v) is 14.2. The number of amides is 1. The van der Waals surface area contributed by atoms with Crippen LogP contribution in [0.3, 0.4) is 0 Å². The summed E-state index contributed by atoms with van der Waals surface area (Å²) in [5.74, 6) is -0.214. The molecule has 9 nitrogen and oxygen atoms in total. The van der Waals surface area contributed by atoms with Crippen molar-refractivity contribution in [3.05, 3.63) is 77.3 Å². The quantitative estimate of drug-likeness (QED) is 0.376. The Kier molecular flexibility index (Phi) is 8.48. The fourth-order valence-electron chi connectivity index (χ4n) is 3.22. The standard InChI is InChI=1S/C23H21ClF3N3O6S2/c1-36-18-8-6-17(7-9-18)30(37(2,32)33)14-22(31)28-15-3-10-19(11-4-15)38(34,35)29-16-5-12-21(24)20(13-16)23(25,26)27/h3-13,29H,14H2,1-2H3,(H,28,31). The lowest BCUT2D eigenvalue weighted by Crippen LogP contribution is -2.37. The Hall–Kier alpha value is -3.49. The summed E-state index contributed by atoms with van der Waals surface area (Å²) in [5.41, 5.74) is -1.16. The van der Waals surface area contributed by atoms with Crippen LogP contribution in [-0.2, 0) is 31.0 Å². The zero-order valence-electron chi connectivity index (χ0n) is 19.8. The predicted octanol–water partition coefficient (Wildman–Crippen LogP) is 4.57. The topological polar surface area (TPSA) is 122 Å². The van der Waals surface area contributed by atoms with Gasteiger partial charge in [-0.2, -0.15) is 13.2 Å². The van der Waals surface area contributed by atoms with Crippen molar-refractivity contribution in [3.63, 3.8) is 0 Å². The molecule has 1 amide bonds. The number of alkyl halides is 3. The highest BCUT2D eigenvalue weighted by atomic mass is 35.5. The number of nitrogens with one attached hydrogen (secondary N) is 2. The molecule has 0 aliphatic carbocycles. The number of halogens is 4. The van der Waals surface area contributed by atoms with Gasteiger partial charge in [-0.15, -0.1) is 0 Å². The molecule has 3 aromatic carbocycles. The first-order valence-electron chi connectivity index (χ1n) is 10.5. The third-order valence-electron chi connectivity index (χ3n) is 5.02. The molecule has 2 N–H and O–H groups in total. The molecule has 0 unspecified atom stereocenters. The minimum atomic E-state index is -4.78. The van der Waals surface area contributed by atoms with Crippen molar-refractivity contribution in [2.75, 3.05) is 34.3 Å². The van der Waals surface area contributed by atoms with Crippen LogP contribution < -0.4 is 19.1 Å². The molecule has 3 rings (SSSR count). The van der Waals surface area contributed by atoms with Crippen molar-refractivity contribution >= 4 is 54.6 Å². The average molecular weight is 592 g/mol. The molecule has 0 radical (unpaired) electrons. The highest BCUT2D eigenvalue weighted by Gasteiger charge is 2.33. The minimum absolute atomic E-state index is 0.156. The molecule has 204 valence electrons. The lowest BCUT2D eigenvalue weighted by Gasteiger charge is -2.22. The molecule has 0 spiro atoms. The Morgan fingerprint density at radius 3 is 2.05 bits per heavy atom. The number of anilines is 3. The first kappa shape index (κ1) is 29.1. The number of nitrogens with zero attached hydrogens (tertiary/aromatic N) is 1. The van der Waals surface area contributed by atoms with E-state index in [1.807, 2.05) is 4.72 Å². The van der Waals surface area contributed by atoms with Crippen LogP contribution in [0.1, 0.15) is 5.56 Å². The van der Waals surface area contributed by atoms with Gasteiger partial charge in [0.15, 0.2) is 0 Å². The molecule has 0 aliphatic rings. The Bertz CT molecular complexity index is 1530. The van der Waals surface area contributed by atoms with Crippen LogP contribution in [0.15, 0.2) is 71.6 Å². The number of carbonyl (C=O) groups is 1. The third kappa shape index (κ3) is 7.30. The van der Waals surface area contributed by atoms with Crippen LogP contribution in [-0.4, -0.2) is 42.7 Å². The highest BCUT2D eigenvalue weighted by molar-refractivity contribution is 7.92. The molecular weight excluding hydrogens is 571 g/mol. The number of ether oxygens (including phenoxy) is 1. The van der Waals surface area contributed by atoms with Gasteiger partial charge in [-0.05, 0) is 66.7 Å². The van der Waals surface area contributed by atoms with Gasteiger partial charge < -0.3 is 10.1 Å². The van der Waals surface area contributed by atoms with Crippen LogP contribution in [0.2, 0.25) is 5.02 Å². The molecule has 0 saturated carbocycles. The molecule has 0 aliphatic heterocycles. The summed E-state index contributed by atoms with van der Waals surface area (Å²) < 4.78 is 96.9. The second-order valence-corrected chi connectivity index (χ2v) is 11.8. The Morgan fingerprint density at radius 1 is 0.947 bits per heavy atom. The van der Waals surface area contributed by atoms with Crippen molar-refractivity contribution in [2.24, 2.45) is 0 Å². The van der Waals surface area contributed by atoms with E-state index in [2.05, 4.69) is 5.32 Å². The third-order valence-corrected chi connectivity index (χ3v) is 7.89. The van der Waals surface area contributed by atoms with E-state index in [4.69, 9.17) is 16.3 Å².